The van der Waals surface area contributed by atoms with Gasteiger partial charge in [-0.2, -0.15) is 0 Å². The predicted octanol–water partition coefficient (Wildman–Crippen LogP) is 1.95. The standard InChI is InChI=1S/C22H29F2N5O2/c1-4-31-10-9-29-17-11-16(15-5-6-18(23)19(24)12-15)14-26-20(13-17)27-21(22(29)30)25-7-8-28(2)3/h5-6,11-12,14,17,20H,4,7-10,13H2,1-3H3,(H,25,27). The molecule has 0 radical (unpaired) electrons. The summed E-state index contributed by atoms with van der Waals surface area (Å²) in [5.74, 6) is -1.76. The number of hydrogen-bond acceptors (Lipinski definition) is 5. The van der Waals surface area contributed by atoms with Crippen molar-refractivity contribution >= 4 is 23.5 Å². The molecule has 2 atom stereocenters. The molecule has 1 fully saturated rings. The van der Waals surface area contributed by atoms with Gasteiger partial charge in [-0.3, -0.25) is 14.8 Å². The molecule has 0 spiro atoms. The summed E-state index contributed by atoms with van der Waals surface area (Å²) in [5, 5.41) is 3.16. The van der Waals surface area contributed by atoms with E-state index >= 15 is 0 Å². The highest BCUT2D eigenvalue weighted by Gasteiger charge is 2.34. The first-order valence-corrected chi connectivity index (χ1v) is 10.4. The number of amides is 1. The number of likely N-dealkylation sites (N-methyl/N-ethyl adjacent to an activating group) is 1. The number of ether oxygens (including phenoxy) is 1. The van der Waals surface area contributed by atoms with Crippen LogP contribution in [0.4, 0.5) is 8.78 Å². The Morgan fingerprint density at radius 3 is 2.84 bits per heavy atom. The summed E-state index contributed by atoms with van der Waals surface area (Å²) in [4.78, 5) is 26.0. The number of aliphatic imine (C=N–C) groups is 2. The molecule has 2 bridgehead atoms. The van der Waals surface area contributed by atoms with Gasteiger partial charge in [0.25, 0.3) is 5.91 Å². The lowest BCUT2D eigenvalue weighted by Gasteiger charge is -2.27. The fourth-order valence-electron chi connectivity index (χ4n) is 3.49. The number of fused-ring (bicyclic) bond motifs is 2. The number of carbonyl (C=O) groups excluding carboxylic acids is 1. The third kappa shape index (κ3) is 5.95. The predicted molar refractivity (Wildman–Crippen MR) is 117 cm³/mol. The van der Waals surface area contributed by atoms with Crippen LogP contribution in [0.25, 0.3) is 5.57 Å². The second-order valence-electron chi connectivity index (χ2n) is 7.72. The SMILES string of the molecule is CCOCCN1C(=O)C(=NCCN(C)C)NC2CC1C=C(c1ccc(F)c(F)c1)C=N2. The van der Waals surface area contributed by atoms with E-state index < -0.39 is 11.6 Å². The van der Waals surface area contributed by atoms with Gasteiger partial charge in [0.05, 0.1) is 19.2 Å². The fourth-order valence-corrected chi connectivity index (χ4v) is 3.49. The molecule has 31 heavy (non-hydrogen) atoms. The molecule has 3 rings (SSSR count). The van der Waals surface area contributed by atoms with Crippen molar-refractivity contribution in [3.63, 3.8) is 0 Å². The van der Waals surface area contributed by atoms with Crippen molar-refractivity contribution in [1.29, 1.82) is 0 Å². The number of benzene rings is 1. The summed E-state index contributed by atoms with van der Waals surface area (Å²) in [6.45, 7) is 4.43. The number of hydrogen-bond donors (Lipinski definition) is 1. The van der Waals surface area contributed by atoms with Gasteiger partial charge in [-0.1, -0.05) is 12.1 Å². The molecular formula is C22H29F2N5O2. The normalized spacial score (nSPS) is 22.4. The third-order valence-electron chi connectivity index (χ3n) is 5.15. The number of carbonyl (C=O) groups is 1. The topological polar surface area (TPSA) is 69.5 Å². The van der Waals surface area contributed by atoms with E-state index in [9.17, 15) is 13.6 Å². The number of allylic oxidation sites excluding steroid dienone is 1. The molecule has 1 aromatic carbocycles. The van der Waals surface area contributed by atoms with E-state index in [1.807, 2.05) is 32.0 Å². The molecule has 1 saturated heterocycles. The molecule has 2 heterocycles. The number of nitrogens with zero attached hydrogens (tertiary/aromatic N) is 4. The van der Waals surface area contributed by atoms with Crippen molar-refractivity contribution in [1.82, 2.24) is 15.1 Å². The minimum Gasteiger partial charge on any atom is -0.380 e. The van der Waals surface area contributed by atoms with Crippen molar-refractivity contribution in [3.8, 4) is 0 Å². The summed E-state index contributed by atoms with van der Waals surface area (Å²) < 4.78 is 32.6. The van der Waals surface area contributed by atoms with Gasteiger partial charge >= 0.3 is 0 Å². The highest BCUT2D eigenvalue weighted by atomic mass is 19.2. The maximum absolute atomic E-state index is 13.8. The van der Waals surface area contributed by atoms with Gasteiger partial charge in [0.15, 0.2) is 17.5 Å². The Kier molecular flexibility index (Phi) is 7.86. The Bertz CT molecular complexity index is 885. The highest BCUT2D eigenvalue weighted by Crippen LogP contribution is 2.24. The summed E-state index contributed by atoms with van der Waals surface area (Å²) in [6.07, 6.45) is 3.69. The van der Waals surface area contributed by atoms with E-state index in [1.165, 1.54) is 6.07 Å². The van der Waals surface area contributed by atoms with Crippen molar-refractivity contribution in [3.05, 3.63) is 41.5 Å². The van der Waals surface area contributed by atoms with E-state index in [-0.39, 0.29) is 24.0 Å². The first-order chi connectivity index (χ1) is 14.9. The minimum atomic E-state index is -0.922. The average molecular weight is 434 g/mol. The first-order valence-electron chi connectivity index (χ1n) is 10.4. The smallest absolute Gasteiger partial charge is 0.289 e. The van der Waals surface area contributed by atoms with Gasteiger partial charge in [-0.15, -0.1) is 0 Å². The number of nitrogens with one attached hydrogen (secondary N) is 1. The maximum atomic E-state index is 13.8. The van der Waals surface area contributed by atoms with Crippen LogP contribution in [-0.4, -0.2) is 86.9 Å². The molecule has 1 N–H and O–H groups in total. The lowest BCUT2D eigenvalue weighted by atomic mass is 10.0. The van der Waals surface area contributed by atoms with Crippen molar-refractivity contribution < 1.29 is 18.3 Å². The second-order valence-corrected chi connectivity index (χ2v) is 7.72. The average Bonchev–Trinajstić information content (AvgIpc) is 3.00. The Morgan fingerprint density at radius 2 is 2.13 bits per heavy atom. The summed E-state index contributed by atoms with van der Waals surface area (Å²) >= 11 is 0. The molecule has 0 aliphatic carbocycles. The molecule has 2 unspecified atom stereocenters. The molecular weight excluding hydrogens is 404 g/mol. The van der Waals surface area contributed by atoms with E-state index in [0.29, 0.717) is 43.9 Å². The quantitative estimate of drug-likeness (QED) is 0.637. The lowest BCUT2D eigenvalue weighted by molar-refractivity contribution is -0.126. The maximum Gasteiger partial charge on any atom is 0.289 e. The Morgan fingerprint density at radius 1 is 1.32 bits per heavy atom. The molecule has 0 saturated carbocycles. The number of amidine groups is 1. The molecule has 1 aromatic rings. The molecule has 2 aliphatic heterocycles. The Labute approximate surface area is 181 Å². The van der Waals surface area contributed by atoms with Gasteiger partial charge in [0.1, 0.15) is 6.17 Å². The largest absolute Gasteiger partial charge is 0.380 e. The van der Waals surface area contributed by atoms with Crippen LogP contribution < -0.4 is 5.32 Å². The van der Waals surface area contributed by atoms with E-state index in [0.717, 1.165) is 18.7 Å². The molecule has 7 nitrogen and oxygen atoms in total. The van der Waals surface area contributed by atoms with Crippen molar-refractivity contribution in [2.24, 2.45) is 9.98 Å². The fraction of sp³-hybridized carbons (Fsp3) is 0.500. The van der Waals surface area contributed by atoms with Crippen LogP contribution in [0.1, 0.15) is 18.9 Å². The first kappa shape index (κ1) is 23.0. The van der Waals surface area contributed by atoms with Gasteiger partial charge in [0.2, 0.25) is 0 Å². The van der Waals surface area contributed by atoms with Gasteiger partial charge < -0.3 is 19.9 Å². The van der Waals surface area contributed by atoms with Crippen LogP contribution in [-0.2, 0) is 9.53 Å². The van der Waals surface area contributed by atoms with Crippen LogP contribution in [0.3, 0.4) is 0 Å². The Hall–Kier alpha value is -2.65. The van der Waals surface area contributed by atoms with Crippen LogP contribution in [0.2, 0.25) is 0 Å². The third-order valence-corrected chi connectivity index (χ3v) is 5.15. The minimum absolute atomic E-state index is 0.219. The zero-order valence-corrected chi connectivity index (χ0v) is 18.1. The number of halogens is 2. The lowest BCUT2D eigenvalue weighted by Crippen LogP contribution is -2.45. The summed E-state index contributed by atoms with van der Waals surface area (Å²) in [5.41, 5.74) is 1.14. The van der Waals surface area contributed by atoms with Crippen LogP contribution in [0.15, 0.2) is 34.3 Å². The molecule has 2 aliphatic rings. The molecule has 9 heteroatoms. The molecule has 0 aromatic heterocycles. The van der Waals surface area contributed by atoms with E-state index in [1.54, 1.807) is 11.1 Å². The van der Waals surface area contributed by atoms with Crippen molar-refractivity contribution in [2.75, 3.05) is 46.9 Å². The highest BCUT2D eigenvalue weighted by molar-refractivity contribution is 6.38. The summed E-state index contributed by atoms with van der Waals surface area (Å²) in [7, 11) is 3.89. The van der Waals surface area contributed by atoms with Gasteiger partial charge in [0, 0.05) is 32.3 Å². The monoisotopic (exact) mass is 433 g/mol. The molecule has 168 valence electrons. The molecule has 1 amide bonds. The summed E-state index contributed by atoms with van der Waals surface area (Å²) in [6, 6.07) is 3.45. The zero-order valence-electron chi connectivity index (χ0n) is 18.1. The van der Waals surface area contributed by atoms with Crippen molar-refractivity contribution in [2.45, 2.75) is 25.6 Å². The van der Waals surface area contributed by atoms with Crippen LogP contribution >= 0.6 is 0 Å². The van der Waals surface area contributed by atoms with E-state index in [2.05, 4.69) is 15.3 Å². The van der Waals surface area contributed by atoms with Crippen LogP contribution in [0, 0.1) is 11.6 Å². The Balaban J connectivity index is 1.92. The van der Waals surface area contributed by atoms with E-state index in [4.69, 9.17) is 4.74 Å². The van der Waals surface area contributed by atoms with Gasteiger partial charge in [-0.25, -0.2) is 8.78 Å². The number of rotatable bonds is 8. The van der Waals surface area contributed by atoms with Crippen LogP contribution in [0.5, 0.6) is 0 Å². The zero-order chi connectivity index (χ0) is 22.4. The second kappa shape index (κ2) is 10.6. The van der Waals surface area contributed by atoms with Gasteiger partial charge in [-0.05, 0) is 44.3 Å².